The maximum absolute atomic E-state index is 12.9. The van der Waals surface area contributed by atoms with E-state index in [9.17, 15) is 44.6 Å². The number of aliphatic hydroxyl groups excluding tert-OH is 5. The topological polar surface area (TPSA) is 210 Å². The van der Waals surface area contributed by atoms with Gasteiger partial charge in [0, 0.05) is 12.8 Å². The predicted molar refractivity (Wildman–Crippen MR) is 263 cm³/mol. The van der Waals surface area contributed by atoms with Crippen LogP contribution in [0.25, 0.3) is 0 Å². The Bertz CT molecular complexity index is 1160. The number of unbranched alkanes of at least 4 members (excludes halogenated alkanes) is 35. The molecule has 66 heavy (non-hydrogen) atoms. The van der Waals surface area contributed by atoms with Crippen molar-refractivity contribution >= 4 is 19.8 Å². The van der Waals surface area contributed by atoms with Gasteiger partial charge in [0.05, 0.1) is 6.61 Å². The monoisotopic (exact) mass is 965 g/mol. The zero-order valence-electron chi connectivity index (χ0n) is 42.0. The fourth-order valence-corrected chi connectivity index (χ4v) is 9.79. The van der Waals surface area contributed by atoms with E-state index < -0.39 is 75.7 Å². The predicted octanol–water partition coefficient (Wildman–Crippen LogP) is 12.0. The van der Waals surface area contributed by atoms with Crippen molar-refractivity contribution in [1.29, 1.82) is 0 Å². The van der Waals surface area contributed by atoms with Crippen LogP contribution in [0.4, 0.5) is 0 Å². The molecule has 0 aromatic heterocycles. The molecule has 0 aromatic carbocycles. The van der Waals surface area contributed by atoms with Gasteiger partial charge in [0.1, 0.15) is 43.2 Å². The lowest BCUT2D eigenvalue weighted by molar-refractivity contribution is -0.220. The molecule has 0 aromatic rings. The SMILES string of the molecule is CCCCCCCCCCCCCCCCCCCCCCCCCC(=O)O[C@H](COC(=O)CCCCCCCCCCCCCCCC)COP(=O)(O)OC1C(O)C(O)C(O)[C@@H](O)C1O. The van der Waals surface area contributed by atoms with E-state index in [2.05, 4.69) is 13.8 Å². The molecule has 1 aliphatic carbocycles. The third-order valence-corrected chi connectivity index (χ3v) is 14.2. The largest absolute Gasteiger partial charge is 0.472 e. The average Bonchev–Trinajstić information content (AvgIpc) is 3.30. The van der Waals surface area contributed by atoms with Crippen LogP contribution >= 0.6 is 7.82 Å². The number of ether oxygens (including phenoxy) is 2. The summed E-state index contributed by atoms with van der Waals surface area (Å²) in [6.45, 7) is 3.36. The van der Waals surface area contributed by atoms with Gasteiger partial charge in [-0.3, -0.25) is 18.6 Å². The number of carbonyl (C=O) groups excluding carboxylic acids is 2. The Hall–Kier alpha value is -1.15. The van der Waals surface area contributed by atoms with Crippen molar-refractivity contribution in [1.82, 2.24) is 0 Å². The van der Waals surface area contributed by atoms with Crippen molar-refractivity contribution in [3.63, 3.8) is 0 Å². The fourth-order valence-electron chi connectivity index (χ4n) is 8.82. The fraction of sp³-hybridized carbons (Fsp3) is 0.962. The van der Waals surface area contributed by atoms with Gasteiger partial charge in [0.2, 0.25) is 0 Å². The molecule has 0 bridgehead atoms. The number of rotatable bonds is 47. The van der Waals surface area contributed by atoms with Gasteiger partial charge in [-0.15, -0.1) is 0 Å². The molecule has 0 amide bonds. The maximum atomic E-state index is 12.9. The number of phosphoric ester groups is 1. The third-order valence-electron chi connectivity index (χ3n) is 13.2. The highest BCUT2D eigenvalue weighted by Crippen LogP contribution is 2.47. The molecule has 6 N–H and O–H groups in total. The Morgan fingerprint density at radius 2 is 0.682 bits per heavy atom. The third kappa shape index (κ3) is 34.2. The van der Waals surface area contributed by atoms with E-state index >= 15 is 0 Å². The summed E-state index contributed by atoms with van der Waals surface area (Å²) in [5.41, 5.74) is 0. The zero-order chi connectivity index (χ0) is 48.5. The Labute approximate surface area is 401 Å². The highest BCUT2D eigenvalue weighted by atomic mass is 31.2. The van der Waals surface area contributed by atoms with Gasteiger partial charge in [-0.1, -0.05) is 239 Å². The molecule has 13 nitrogen and oxygen atoms in total. The van der Waals surface area contributed by atoms with Gasteiger partial charge < -0.3 is 39.9 Å². The minimum atomic E-state index is -5.11. The maximum Gasteiger partial charge on any atom is 0.472 e. The molecule has 0 radical (unpaired) electrons. The summed E-state index contributed by atoms with van der Waals surface area (Å²) in [4.78, 5) is 35.9. The van der Waals surface area contributed by atoms with Crippen LogP contribution in [0.1, 0.15) is 264 Å². The molecular weight excluding hydrogens is 864 g/mol. The van der Waals surface area contributed by atoms with Crippen LogP contribution < -0.4 is 0 Å². The number of esters is 2. The Balaban J connectivity index is 2.32. The van der Waals surface area contributed by atoms with E-state index in [1.165, 1.54) is 186 Å². The molecule has 0 spiro atoms. The Morgan fingerprint density at radius 3 is 1.00 bits per heavy atom. The Kier molecular flexibility index (Phi) is 40.7. The molecule has 1 fully saturated rings. The summed E-state index contributed by atoms with van der Waals surface area (Å²) in [7, 11) is -5.11. The second-order valence-electron chi connectivity index (χ2n) is 19.5. The van der Waals surface area contributed by atoms with Crippen molar-refractivity contribution in [3.8, 4) is 0 Å². The van der Waals surface area contributed by atoms with Crippen molar-refractivity contribution in [3.05, 3.63) is 0 Å². The summed E-state index contributed by atoms with van der Waals surface area (Å²) in [6, 6.07) is 0. The highest BCUT2D eigenvalue weighted by Gasteiger charge is 2.51. The Morgan fingerprint density at radius 1 is 0.409 bits per heavy atom. The molecule has 0 saturated heterocycles. The summed E-state index contributed by atoms with van der Waals surface area (Å²) < 4.78 is 33.7. The van der Waals surface area contributed by atoms with Gasteiger partial charge in [-0.05, 0) is 12.8 Å². The molecule has 14 heteroatoms. The van der Waals surface area contributed by atoms with Crippen LogP contribution in [0, 0.1) is 0 Å². The van der Waals surface area contributed by atoms with E-state index in [4.69, 9.17) is 18.5 Å². The molecule has 6 unspecified atom stereocenters. The molecule has 1 aliphatic rings. The van der Waals surface area contributed by atoms with Crippen LogP contribution in [0.3, 0.4) is 0 Å². The van der Waals surface area contributed by atoms with E-state index in [-0.39, 0.29) is 12.8 Å². The molecule has 1 rings (SSSR count). The highest BCUT2D eigenvalue weighted by molar-refractivity contribution is 7.47. The van der Waals surface area contributed by atoms with Crippen LogP contribution in [0.15, 0.2) is 0 Å². The van der Waals surface area contributed by atoms with Crippen molar-refractivity contribution in [2.24, 2.45) is 0 Å². The summed E-state index contributed by atoms with van der Waals surface area (Å²) in [5.74, 6) is -1.08. The van der Waals surface area contributed by atoms with E-state index in [0.717, 1.165) is 38.5 Å². The lowest BCUT2D eigenvalue weighted by atomic mass is 9.85. The van der Waals surface area contributed by atoms with Crippen molar-refractivity contribution in [2.75, 3.05) is 13.2 Å². The normalized spacial score (nSPS) is 21.2. The first kappa shape index (κ1) is 62.9. The van der Waals surface area contributed by atoms with E-state index in [1.807, 2.05) is 0 Å². The van der Waals surface area contributed by atoms with Crippen LogP contribution in [-0.4, -0.2) is 98.3 Å². The van der Waals surface area contributed by atoms with E-state index in [1.54, 1.807) is 0 Å². The molecule has 0 aliphatic heterocycles. The van der Waals surface area contributed by atoms with Gasteiger partial charge in [0.15, 0.2) is 6.10 Å². The van der Waals surface area contributed by atoms with Gasteiger partial charge in [-0.25, -0.2) is 4.57 Å². The van der Waals surface area contributed by atoms with Crippen molar-refractivity contribution < 1.29 is 63.1 Å². The number of hydrogen-bond acceptors (Lipinski definition) is 12. The second kappa shape index (κ2) is 42.7. The van der Waals surface area contributed by atoms with Gasteiger partial charge >= 0.3 is 19.8 Å². The molecule has 1 saturated carbocycles. The number of phosphoric acid groups is 1. The molecule has 8 atom stereocenters. The number of carbonyl (C=O) groups is 2. The first-order valence-electron chi connectivity index (χ1n) is 27.3. The van der Waals surface area contributed by atoms with Crippen molar-refractivity contribution in [2.45, 2.75) is 307 Å². The first-order chi connectivity index (χ1) is 31.9. The lowest BCUT2D eigenvalue weighted by Crippen LogP contribution is -2.64. The number of hydrogen-bond donors (Lipinski definition) is 6. The summed E-state index contributed by atoms with van der Waals surface area (Å²) in [6.07, 6.45) is 33.0. The lowest BCUT2D eigenvalue weighted by Gasteiger charge is -2.41. The minimum absolute atomic E-state index is 0.106. The zero-order valence-corrected chi connectivity index (χ0v) is 42.9. The quantitative estimate of drug-likeness (QED) is 0.0191. The first-order valence-corrected chi connectivity index (χ1v) is 28.8. The van der Waals surface area contributed by atoms with Crippen LogP contribution in [0.5, 0.6) is 0 Å². The van der Waals surface area contributed by atoms with Gasteiger partial charge in [0.25, 0.3) is 0 Å². The van der Waals surface area contributed by atoms with Crippen LogP contribution in [-0.2, 0) is 32.7 Å². The minimum Gasteiger partial charge on any atom is -0.462 e. The second-order valence-corrected chi connectivity index (χ2v) is 20.9. The summed E-state index contributed by atoms with van der Waals surface area (Å²) in [5, 5.41) is 50.3. The molecular formula is C52H101O13P. The van der Waals surface area contributed by atoms with Gasteiger partial charge in [-0.2, -0.15) is 0 Å². The smallest absolute Gasteiger partial charge is 0.462 e. The standard InChI is InChI=1S/C52H101O13P/c1-3-5-7-9-11-13-15-17-19-20-21-22-23-24-25-26-27-29-31-33-35-37-39-41-46(54)64-44(43-63-66(60,61)65-52-50(58)48(56)47(55)49(57)51(52)59)42-62-45(53)40-38-36-34-32-30-28-18-16-14-12-10-8-6-4-2/h44,47-52,55-59H,3-43H2,1-2H3,(H,60,61)/t44-,47?,48-,49?,50?,51?,52?/m1/s1. The molecule has 0 heterocycles. The summed E-state index contributed by atoms with van der Waals surface area (Å²) >= 11 is 0. The number of aliphatic hydroxyl groups is 5. The van der Waals surface area contributed by atoms with E-state index in [0.29, 0.717) is 12.8 Å². The van der Waals surface area contributed by atoms with Crippen LogP contribution in [0.2, 0.25) is 0 Å². The molecule has 392 valence electrons. The average molecular weight is 965 g/mol.